The molecule has 1 aromatic heterocycles. The number of benzene rings is 1. The van der Waals surface area contributed by atoms with E-state index in [4.69, 9.17) is 11.6 Å². The lowest BCUT2D eigenvalue weighted by Gasteiger charge is -2.24. The van der Waals surface area contributed by atoms with Gasteiger partial charge in [0.05, 0.1) is 20.4 Å². The number of halogens is 5. The molecule has 23 heavy (non-hydrogen) atoms. The number of alkyl halides is 3. The number of nitrogens with one attached hydrogen (secondary N) is 1. The molecule has 0 fully saturated rings. The molecule has 124 valence electrons. The summed E-state index contributed by atoms with van der Waals surface area (Å²) in [6.07, 6.45) is -1.24. The van der Waals surface area contributed by atoms with Crippen LogP contribution in [-0.4, -0.2) is 15.7 Å². The summed E-state index contributed by atoms with van der Waals surface area (Å²) in [5.74, 6) is -0.423. The molecule has 2 aromatic rings. The van der Waals surface area contributed by atoms with Gasteiger partial charge in [0.1, 0.15) is 5.54 Å². The number of anilines is 1. The Morgan fingerprint density at radius 2 is 2.00 bits per heavy atom. The van der Waals surface area contributed by atoms with E-state index in [2.05, 4.69) is 33.0 Å². The van der Waals surface area contributed by atoms with E-state index in [-0.39, 0.29) is 5.69 Å². The van der Waals surface area contributed by atoms with Gasteiger partial charge >= 0.3 is 6.18 Å². The fourth-order valence-corrected chi connectivity index (χ4v) is 2.49. The van der Waals surface area contributed by atoms with Gasteiger partial charge in [0.25, 0.3) is 5.91 Å². The van der Waals surface area contributed by atoms with Crippen molar-refractivity contribution in [2.24, 2.45) is 0 Å². The molecule has 1 amide bonds. The standard InChI is InChI=1S/C14H12ClF3IN3O/c1-13(2,22-7-8(19)6-20-22)12(23)21-9-3-4-10(11(15)5-9)14(16,17)18/h3-7H,1-2H3,(H,21,23). The summed E-state index contributed by atoms with van der Waals surface area (Å²) in [5.41, 5.74) is -1.78. The average Bonchev–Trinajstić information content (AvgIpc) is 2.84. The maximum Gasteiger partial charge on any atom is 0.417 e. The van der Waals surface area contributed by atoms with Crippen LogP contribution in [0.4, 0.5) is 18.9 Å². The number of nitrogens with zero attached hydrogens (tertiary/aromatic N) is 2. The van der Waals surface area contributed by atoms with Crippen LogP contribution in [0.25, 0.3) is 0 Å². The second-order valence-electron chi connectivity index (χ2n) is 5.31. The zero-order valence-electron chi connectivity index (χ0n) is 12.1. The van der Waals surface area contributed by atoms with Gasteiger partial charge in [-0.3, -0.25) is 9.48 Å². The van der Waals surface area contributed by atoms with Crippen LogP contribution in [0.15, 0.2) is 30.6 Å². The highest BCUT2D eigenvalue weighted by Gasteiger charge is 2.34. The van der Waals surface area contributed by atoms with Gasteiger partial charge in [-0.15, -0.1) is 0 Å². The van der Waals surface area contributed by atoms with Crippen molar-refractivity contribution in [1.82, 2.24) is 9.78 Å². The molecular weight excluding hydrogens is 446 g/mol. The second-order valence-corrected chi connectivity index (χ2v) is 6.96. The van der Waals surface area contributed by atoms with Gasteiger partial charge in [0.2, 0.25) is 0 Å². The van der Waals surface area contributed by atoms with Crippen molar-refractivity contribution in [2.75, 3.05) is 5.32 Å². The largest absolute Gasteiger partial charge is 0.417 e. The Kier molecular flexibility index (Phi) is 4.95. The topological polar surface area (TPSA) is 46.9 Å². The van der Waals surface area contributed by atoms with Gasteiger partial charge in [0, 0.05) is 11.9 Å². The number of aromatic nitrogens is 2. The number of carbonyl (C=O) groups is 1. The maximum atomic E-state index is 12.7. The van der Waals surface area contributed by atoms with Crippen molar-refractivity contribution in [3.8, 4) is 0 Å². The van der Waals surface area contributed by atoms with E-state index >= 15 is 0 Å². The van der Waals surface area contributed by atoms with E-state index in [1.807, 2.05) is 0 Å². The first-order valence-corrected chi connectivity index (χ1v) is 7.86. The van der Waals surface area contributed by atoms with E-state index < -0.39 is 28.2 Å². The second kappa shape index (κ2) is 6.31. The molecule has 0 bridgehead atoms. The van der Waals surface area contributed by atoms with Crippen LogP contribution in [0.2, 0.25) is 5.02 Å². The van der Waals surface area contributed by atoms with Crippen molar-refractivity contribution in [2.45, 2.75) is 25.6 Å². The van der Waals surface area contributed by atoms with Crippen LogP contribution in [0.5, 0.6) is 0 Å². The lowest BCUT2D eigenvalue weighted by atomic mass is 10.0. The quantitative estimate of drug-likeness (QED) is 0.688. The Hall–Kier alpha value is -1.29. The van der Waals surface area contributed by atoms with Gasteiger partial charge in [-0.2, -0.15) is 18.3 Å². The molecule has 0 aliphatic carbocycles. The molecule has 0 radical (unpaired) electrons. The highest BCUT2D eigenvalue weighted by molar-refractivity contribution is 14.1. The van der Waals surface area contributed by atoms with Crippen LogP contribution < -0.4 is 5.32 Å². The van der Waals surface area contributed by atoms with Crippen molar-refractivity contribution < 1.29 is 18.0 Å². The Morgan fingerprint density at radius 3 is 2.48 bits per heavy atom. The molecule has 1 aromatic carbocycles. The molecule has 4 nitrogen and oxygen atoms in total. The van der Waals surface area contributed by atoms with E-state index in [9.17, 15) is 18.0 Å². The van der Waals surface area contributed by atoms with Gasteiger partial charge in [-0.05, 0) is 54.6 Å². The third-order valence-electron chi connectivity index (χ3n) is 3.21. The van der Waals surface area contributed by atoms with Gasteiger partial charge in [0.15, 0.2) is 0 Å². The third-order valence-corrected chi connectivity index (χ3v) is 4.08. The minimum atomic E-state index is -4.54. The summed E-state index contributed by atoms with van der Waals surface area (Å²) in [4.78, 5) is 12.4. The normalized spacial score (nSPS) is 12.3. The van der Waals surface area contributed by atoms with E-state index in [1.54, 1.807) is 26.2 Å². The molecule has 9 heteroatoms. The Labute approximate surface area is 149 Å². The van der Waals surface area contributed by atoms with E-state index in [0.29, 0.717) is 0 Å². The Balaban J connectivity index is 2.22. The molecular formula is C14H12ClF3IN3O. The fraction of sp³-hybridized carbons (Fsp3) is 0.286. The SMILES string of the molecule is CC(C)(C(=O)Nc1ccc(C(F)(F)F)c(Cl)c1)n1cc(I)cn1. The summed E-state index contributed by atoms with van der Waals surface area (Å²) >= 11 is 7.71. The monoisotopic (exact) mass is 457 g/mol. The molecule has 0 saturated carbocycles. The Morgan fingerprint density at radius 1 is 1.35 bits per heavy atom. The lowest BCUT2D eigenvalue weighted by molar-refractivity contribution is -0.137. The van der Waals surface area contributed by atoms with Crippen molar-refractivity contribution in [3.63, 3.8) is 0 Å². The predicted molar refractivity (Wildman–Crippen MR) is 89.3 cm³/mol. The molecule has 2 rings (SSSR count). The number of amides is 1. The van der Waals surface area contributed by atoms with Gasteiger partial charge in [-0.1, -0.05) is 11.6 Å². The molecule has 0 aliphatic heterocycles. The van der Waals surface area contributed by atoms with Crippen molar-refractivity contribution in [1.29, 1.82) is 0 Å². The van der Waals surface area contributed by atoms with Crippen molar-refractivity contribution in [3.05, 3.63) is 44.7 Å². The maximum absolute atomic E-state index is 12.7. The minimum Gasteiger partial charge on any atom is -0.324 e. The number of hydrogen-bond acceptors (Lipinski definition) is 2. The fourth-order valence-electron chi connectivity index (χ4n) is 1.82. The van der Waals surface area contributed by atoms with Gasteiger partial charge in [-0.25, -0.2) is 0 Å². The van der Waals surface area contributed by atoms with Crippen LogP contribution >= 0.6 is 34.2 Å². The first-order chi connectivity index (χ1) is 10.5. The highest BCUT2D eigenvalue weighted by Crippen LogP contribution is 2.36. The summed E-state index contributed by atoms with van der Waals surface area (Å²) < 4.78 is 40.4. The van der Waals surface area contributed by atoms with Crippen molar-refractivity contribution >= 4 is 45.8 Å². The van der Waals surface area contributed by atoms with Crippen LogP contribution in [-0.2, 0) is 16.5 Å². The summed E-state index contributed by atoms with van der Waals surface area (Å²) in [7, 11) is 0. The molecule has 0 unspecified atom stereocenters. The third kappa shape index (κ3) is 3.97. The summed E-state index contributed by atoms with van der Waals surface area (Å²) in [6, 6.07) is 3.07. The number of carbonyl (C=O) groups excluding carboxylic acids is 1. The van der Waals surface area contributed by atoms with Crippen LogP contribution in [0.1, 0.15) is 19.4 Å². The average molecular weight is 458 g/mol. The van der Waals surface area contributed by atoms with E-state index in [0.717, 1.165) is 21.8 Å². The molecule has 1 N–H and O–H groups in total. The Bertz CT molecular complexity index is 743. The molecule has 0 atom stereocenters. The highest BCUT2D eigenvalue weighted by atomic mass is 127. The zero-order valence-corrected chi connectivity index (χ0v) is 15.0. The summed E-state index contributed by atoms with van der Waals surface area (Å²) in [5, 5.41) is 6.17. The summed E-state index contributed by atoms with van der Waals surface area (Å²) in [6.45, 7) is 3.30. The molecule has 0 saturated heterocycles. The first kappa shape index (κ1) is 18.1. The molecule has 0 aliphatic rings. The van der Waals surface area contributed by atoms with Crippen LogP contribution in [0.3, 0.4) is 0 Å². The smallest absolute Gasteiger partial charge is 0.324 e. The van der Waals surface area contributed by atoms with Gasteiger partial charge < -0.3 is 5.32 Å². The van der Waals surface area contributed by atoms with Crippen LogP contribution in [0, 0.1) is 3.57 Å². The molecule has 1 heterocycles. The number of hydrogen-bond donors (Lipinski definition) is 1. The lowest BCUT2D eigenvalue weighted by Crippen LogP contribution is -2.40. The number of rotatable bonds is 3. The zero-order chi connectivity index (χ0) is 17.4. The first-order valence-electron chi connectivity index (χ1n) is 6.40. The van der Waals surface area contributed by atoms with E-state index in [1.165, 1.54) is 4.68 Å². The predicted octanol–water partition coefficient (Wildman–Crippen LogP) is 4.53. The minimum absolute atomic E-state index is 0.183. The molecule has 0 spiro atoms.